The van der Waals surface area contributed by atoms with E-state index in [-0.39, 0.29) is 24.0 Å². The molecule has 0 fully saturated rings. The molecule has 2 aromatic rings. The van der Waals surface area contributed by atoms with Gasteiger partial charge in [0.2, 0.25) is 0 Å². The van der Waals surface area contributed by atoms with Crippen LogP contribution in [0.1, 0.15) is 22.3 Å². The largest absolute Gasteiger partial charge is 0.352 e. The predicted molar refractivity (Wildman–Crippen MR) is 109 cm³/mol. The van der Waals surface area contributed by atoms with Crippen molar-refractivity contribution in [2.45, 2.75) is 20.0 Å². The molecule has 0 aliphatic carbocycles. The number of hydrogen-bond acceptors (Lipinski definition) is 2. The monoisotopic (exact) mass is 434 g/mol. The van der Waals surface area contributed by atoms with Crippen molar-refractivity contribution in [2.75, 3.05) is 14.1 Å². The summed E-state index contributed by atoms with van der Waals surface area (Å²) in [6, 6.07) is 18.2. The topological polar surface area (TPSA) is 51.4 Å². The maximum Gasteiger partial charge on any atom is 0.193 e. The van der Waals surface area contributed by atoms with Gasteiger partial charge in [-0.2, -0.15) is 5.26 Å². The summed E-state index contributed by atoms with van der Waals surface area (Å²) in [7, 11) is 3.81. The molecule has 0 aliphatic rings. The summed E-state index contributed by atoms with van der Waals surface area (Å²) in [5.41, 5.74) is 4.31. The Morgan fingerprint density at radius 2 is 1.67 bits per heavy atom. The average Bonchev–Trinajstić information content (AvgIpc) is 2.58. The molecule has 5 heteroatoms. The molecule has 0 bridgehead atoms. The highest BCUT2D eigenvalue weighted by Crippen LogP contribution is 2.07. The van der Waals surface area contributed by atoms with E-state index in [1.165, 1.54) is 11.1 Å². The van der Waals surface area contributed by atoms with Crippen LogP contribution in [0.5, 0.6) is 0 Å². The number of benzene rings is 2. The van der Waals surface area contributed by atoms with Crippen LogP contribution in [0.25, 0.3) is 0 Å². The molecule has 0 aliphatic heterocycles. The van der Waals surface area contributed by atoms with E-state index in [1.807, 2.05) is 31.3 Å². The van der Waals surface area contributed by atoms with Gasteiger partial charge in [-0.1, -0.05) is 42.0 Å². The first kappa shape index (κ1) is 20.0. The summed E-state index contributed by atoms with van der Waals surface area (Å²) in [5.74, 6) is 0.843. The van der Waals surface area contributed by atoms with Crippen LogP contribution in [0.3, 0.4) is 0 Å². The molecule has 0 spiro atoms. The number of nitriles is 1. The summed E-state index contributed by atoms with van der Waals surface area (Å²) < 4.78 is 0. The Bertz CT molecular complexity index is 700. The molecule has 24 heavy (non-hydrogen) atoms. The maximum absolute atomic E-state index is 8.82. The van der Waals surface area contributed by atoms with E-state index >= 15 is 0 Å². The molecule has 2 aromatic carbocycles. The van der Waals surface area contributed by atoms with E-state index in [1.54, 1.807) is 7.05 Å². The van der Waals surface area contributed by atoms with Crippen LogP contribution in [0.2, 0.25) is 0 Å². The highest BCUT2D eigenvalue weighted by molar-refractivity contribution is 14.0. The molecule has 2 rings (SSSR count). The Kier molecular flexibility index (Phi) is 8.27. The van der Waals surface area contributed by atoms with E-state index in [0.29, 0.717) is 12.1 Å². The Morgan fingerprint density at radius 1 is 1.08 bits per heavy atom. The first-order valence-electron chi connectivity index (χ1n) is 7.58. The zero-order chi connectivity index (χ0) is 16.7. The van der Waals surface area contributed by atoms with Crippen molar-refractivity contribution < 1.29 is 0 Å². The second-order valence-electron chi connectivity index (χ2n) is 5.55. The summed E-state index contributed by atoms with van der Waals surface area (Å²) in [6.07, 6.45) is 0. The van der Waals surface area contributed by atoms with Crippen molar-refractivity contribution in [1.82, 2.24) is 10.2 Å². The summed E-state index contributed by atoms with van der Waals surface area (Å²) in [5, 5.41) is 12.2. The van der Waals surface area contributed by atoms with E-state index in [2.05, 4.69) is 52.5 Å². The van der Waals surface area contributed by atoms with Gasteiger partial charge in [0.05, 0.1) is 11.6 Å². The SMILES string of the molecule is CN=C(NCc1ccc(C#N)cc1)N(C)Cc1ccc(C)cc1.I. The molecule has 0 aromatic heterocycles. The lowest BCUT2D eigenvalue weighted by atomic mass is 10.1. The average molecular weight is 434 g/mol. The van der Waals surface area contributed by atoms with Gasteiger partial charge in [-0.3, -0.25) is 4.99 Å². The van der Waals surface area contributed by atoms with E-state index in [0.717, 1.165) is 18.1 Å². The van der Waals surface area contributed by atoms with Crippen molar-refractivity contribution in [3.63, 3.8) is 0 Å². The van der Waals surface area contributed by atoms with Crippen LogP contribution >= 0.6 is 24.0 Å². The fourth-order valence-corrected chi connectivity index (χ4v) is 2.31. The first-order valence-corrected chi connectivity index (χ1v) is 7.58. The van der Waals surface area contributed by atoms with Gasteiger partial charge in [-0.25, -0.2) is 0 Å². The third-order valence-electron chi connectivity index (χ3n) is 3.65. The summed E-state index contributed by atoms with van der Waals surface area (Å²) in [6.45, 7) is 3.56. The quantitative estimate of drug-likeness (QED) is 0.454. The minimum absolute atomic E-state index is 0. The predicted octanol–water partition coefficient (Wildman–Crippen LogP) is 3.69. The molecule has 126 valence electrons. The lowest BCUT2D eigenvalue weighted by molar-refractivity contribution is 0.476. The van der Waals surface area contributed by atoms with Gasteiger partial charge >= 0.3 is 0 Å². The van der Waals surface area contributed by atoms with Gasteiger partial charge in [0.15, 0.2) is 5.96 Å². The zero-order valence-corrected chi connectivity index (χ0v) is 16.6. The van der Waals surface area contributed by atoms with Crippen LogP contribution in [0, 0.1) is 18.3 Å². The fourth-order valence-electron chi connectivity index (χ4n) is 2.31. The molecule has 4 nitrogen and oxygen atoms in total. The minimum Gasteiger partial charge on any atom is -0.352 e. The normalized spacial score (nSPS) is 10.5. The van der Waals surface area contributed by atoms with Gasteiger partial charge in [-0.05, 0) is 30.2 Å². The molecule has 0 saturated heterocycles. The number of aliphatic imine (C=N–C) groups is 1. The zero-order valence-electron chi connectivity index (χ0n) is 14.3. The molecule has 0 unspecified atom stereocenters. The molecule has 1 N–H and O–H groups in total. The maximum atomic E-state index is 8.82. The number of rotatable bonds is 4. The number of guanidine groups is 1. The van der Waals surface area contributed by atoms with E-state index < -0.39 is 0 Å². The van der Waals surface area contributed by atoms with E-state index in [4.69, 9.17) is 5.26 Å². The van der Waals surface area contributed by atoms with Gasteiger partial charge in [0.1, 0.15) is 0 Å². The molecular formula is C19H23IN4. The van der Waals surface area contributed by atoms with Crippen molar-refractivity contribution >= 4 is 29.9 Å². The minimum atomic E-state index is 0. The second-order valence-corrected chi connectivity index (χ2v) is 5.55. The van der Waals surface area contributed by atoms with Crippen LogP contribution in [0.15, 0.2) is 53.5 Å². The van der Waals surface area contributed by atoms with Crippen LogP contribution in [0.4, 0.5) is 0 Å². The third kappa shape index (κ3) is 5.85. The molecule has 0 heterocycles. The van der Waals surface area contributed by atoms with Crippen molar-refractivity contribution in [3.8, 4) is 6.07 Å². The number of aryl methyl sites for hydroxylation is 1. The first-order chi connectivity index (χ1) is 11.1. The standard InChI is InChI=1S/C19H22N4.HI/c1-15-4-6-18(7-5-15)14-23(3)19(21-2)22-13-17-10-8-16(12-20)9-11-17;/h4-11H,13-14H2,1-3H3,(H,21,22);1H. The number of halogens is 1. The highest BCUT2D eigenvalue weighted by atomic mass is 127. The summed E-state index contributed by atoms with van der Waals surface area (Å²) >= 11 is 0. The second kappa shape index (κ2) is 9.93. The lowest BCUT2D eigenvalue weighted by Crippen LogP contribution is -2.38. The number of nitrogens with one attached hydrogen (secondary N) is 1. The molecule has 0 radical (unpaired) electrons. The van der Waals surface area contributed by atoms with E-state index in [9.17, 15) is 0 Å². The Labute approximate surface area is 161 Å². The Hall–Kier alpha value is -2.07. The van der Waals surface area contributed by atoms with Crippen molar-refractivity contribution in [1.29, 1.82) is 5.26 Å². The smallest absolute Gasteiger partial charge is 0.193 e. The Balaban J connectivity index is 0.00000288. The molecular weight excluding hydrogens is 411 g/mol. The lowest BCUT2D eigenvalue weighted by Gasteiger charge is -2.22. The highest BCUT2D eigenvalue weighted by Gasteiger charge is 2.06. The number of hydrogen-bond donors (Lipinski definition) is 1. The molecule has 0 amide bonds. The van der Waals surface area contributed by atoms with Gasteiger partial charge in [-0.15, -0.1) is 24.0 Å². The van der Waals surface area contributed by atoms with Crippen LogP contribution in [-0.4, -0.2) is 25.0 Å². The Morgan fingerprint density at radius 3 is 2.21 bits per heavy atom. The fraction of sp³-hybridized carbons (Fsp3) is 0.263. The van der Waals surface area contributed by atoms with Crippen molar-refractivity contribution in [2.24, 2.45) is 4.99 Å². The third-order valence-corrected chi connectivity index (χ3v) is 3.65. The van der Waals surface area contributed by atoms with Crippen LogP contribution < -0.4 is 5.32 Å². The number of nitrogens with zero attached hydrogens (tertiary/aromatic N) is 3. The van der Waals surface area contributed by atoms with Gasteiger partial charge in [0, 0.05) is 27.2 Å². The summed E-state index contributed by atoms with van der Waals surface area (Å²) in [4.78, 5) is 6.42. The van der Waals surface area contributed by atoms with Gasteiger partial charge < -0.3 is 10.2 Å². The van der Waals surface area contributed by atoms with Crippen molar-refractivity contribution in [3.05, 3.63) is 70.8 Å². The van der Waals surface area contributed by atoms with Crippen LogP contribution in [-0.2, 0) is 13.1 Å². The molecule has 0 atom stereocenters. The molecule has 0 saturated carbocycles. The van der Waals surface area contributed by atoms with Gasteiger partial charge in [0.25, 0.3) is 0 Å².